The first-order valence-electron chi connectivity index (χ1n) is 15.0. The summed E-state index contributed by atoms with van der Waals surface area (Å²) in [5, 5.41) is 13.5. The third-order valence-corrected chi connectivity index (χ3v) is 6.52. The predicted octanol–water partition coefficient (Wildman–Crippen LogP) is 3.70. The molecule has 0 heterocycles. The maximum atomic E-state index is 13.2. The fourth-order valence-corrected chi connectivity index (χ4v) is 4.02. The Bertz CT molecular complexity index is 985. The van der Waals surface area contributed by atoms with E-state index in [9.17, 15) is 24.0 Å². The number of carbonyl (C=O) groups is 5. The van der Waals surface area contributed by atoms with Crippen LogP contribution in [0.2, 0.25) is 0 Å². The molecule has 42 heavy (non-hydrogen) atoms. The number of benzene rings is 1. The number of alkyl carbamates (subject to hydrolysis) is 1. The summed E-state index contributed by atoms with van der Waals surface area (Å²) >= 11 is 0. The number of anilines is 1. The highest BCUT2D eigenvalue weighted by atomic mass is 16.5. The van der Waals surface area contributed by atoms with Crippen molar-refractivity contribution in [1.82, 2.24) is 21.3 Å². The average Bonchev–Trinajstić information content (AvgIpc) is 2.95. The SMILES string of the molecule is CCCCCCC(=O)NC(C(=O)N[C@@H](CCCNC(N)=O)C(=O)Nc1ccc(COC(=O)NCCCC)cc1)C(C)C. The van der Waals surface area contributed by atoms with Gasteiger partial charge in [0.2, 0.25) is 17.7 Å². The molecule has 12 heteroatoms. The zero-order valence-corrected chi connectivity index (χ0v) is 25.6. The summed E-state index contributed by atoms with van der Waals surface area (Å²) in [6.07, 6.45) is 6.12. The monoisotopic (exact) mass is 590 g/mol. The van der Waals surface area contributed by atoms with Crippen molar-refractivity contribution in [2.75, 3.05) is 18.4 Å². The molecule has 0 saturated heterocycles. The van der Waals surface area contributed by atoms with E-state index in [4.69, 9.17) is 10.5 Å². The molecule has 0 bridgehead atoms. The standard InChI is InChI=1S/C30H50N6O6/c1-5-7-9-10-13-25(37)36-26(21(3)4)28(39)35-24(12-11-19-32-29(31)40)27(38)34-23-16-14-22(15-17-23)20-42-30(41)33-18-8-6-2/h14-17,21,24,26H,5-13,18-20H2,1-4H3,(H,33,41)(H,34,38)(H,35,39)(H,36,37)(H3,31,32,40)/t24-,26?/m0/s1. The van der Waals surface area contributed by atoms with Gasteiger partial charge < -0.3 is 37.1 Å². The first-order chi connectivity index (χ1) is 20.1. The van der Waals surface area contributed by atoms with Crippen LogP contribution < -0.4 is 32.3 Å². The van der Waals surface area contributed by atoms with Crippen LogP contribution in [0.4, 0.5) is 15.3 Å². The lowest BCUT2D eigenvalue weighted by Crippen LogP contribution is -2.54. The number of nitrogens with two attached hydrogens (primary N) is 1. The number of primary amides is 1. The van der Waals surface area contributed by atoms with Crippen molar-refractivity contribution in [1.29, 1.82) is 0 Å². The highest BCUT2D eigenvalue weighted by Gasteiger charge is 2.28. The lowest BCUT2D eigenvalue weighted by Gasteiger charge is -2.25. The van der Waals surface area contributed by atoms with Gasteiger partial charge in [-0.2, -0.15) is 0 Å². The molecule has 0 spiro atoms. The summed E-state index contributed by atoms with van der Waals surface area (Å²) in [5.74, 6) is -1.31. The van der Waals surface area contributed by atoms with Crippen molar-refractivity contribution in [2.24, 2.45) is 11.7 Å². The van der Waals surface area contributed by atoms with Crippen LogP contribution in [0.1, 0.15) is 91.0 Å². The summed E-state index contributed by atoms with van der Waals surface area (Å²) in [6, 6.07) is 4.40. The lowest BCUT2D eigenvalue weighted by molar-refractivity contribution is -0.132. The van der Waals surface area contributed by atoms with E-state index >= 15 is 0 Å². The first-order valence-corrected chi connectivity index (χ1v) is 15.0. The molecule has 0 fully saturated rings. The second-order valence-electron chi connectivity index (χ2n) is 10.6. The van der Waals surface area contributed by atoms with E-state index in [1.165, 1.54) is 0 Å². The van der Waals surface area contributed by atoms with Gasteiger partial charge in [0.15, 0.2) is 0 Å². The van der Waals surface area contributed by atoms with Gasteiger partial charge in [-0.3, -0.25) is 14.4 Å². The zero-order chi connectivity index (χ0) is 31.3. The molecule has 6 amide bonds. The van der Waals surface area contributed by atoms with Gasteiger partial charge in [-0.25, -0.2) is 9.59 Å². The molecule has 1 unspecified atom stereocenters. The van der Waals surface area contributed by atoms with Gasteiger partial charge in [0.25, 0.3) is 0 Å². The Labute approximate surface area is 249 Å². The molecular weight excluding hydrogens is 540 g/mol. The summed E-state index contributed by atoms with van der Waals surface area (Å²) in [5.41, 5.74) is 6.36. The highest BCUT2D eigenvalue weighted by molar-refractivity contribution is 5.98. The third kappa shape index (κ3) is 15.8. The number of amides is 6. The molecule has 0 aromatic heterocycles. The number of urea groups is 1. The second kappa shape index (κ2) is 21.0. The number of carbonyl (C=O) groups excluding carboxylic acids is 5. The smallest absolute Gasteiger partial charge is 0.407 e. The molecular formula is C30H50N6O6. The van der Waals surface area contributed by atoms with E-state index in [-0.39, 0.29) is 31.4 Å². The molecule has 7 N–H and O–H groups in total. The minimum Gasteiger partial charge on any atom is -0.445 e. The molecule has 2 atom stereocenters. The number of rotatable bonds is 20. The van der Waals surface area contributed by atoms with E-state index in [0.717, 1.165) is 44.1 Å². The number of hydrogen-bond donors (Lipinski definition) is 6. The Morgan fingerprint density at radius 2 is 1.48 bits per heavy atom. The maximum absolute atomic E-state index is 13.2. The Morgan fingerprint density at radius 1 is 0.810 bits per heavy atom. The number of ether oxygens (including phenoxy) is 1. The molecule has 0 aliphatic carbocycles. The van der Waals surface area contributed by atoms with Gasteiger partial charge in [0.1, 0.15) is 18.7 Å². The zero-order valence-electron chi connectivity index (χ0n) is 25.6. The maximum Gasteiger partial charge on any atom is 0.407 e. The van der Waals surface area contributed by atoms with Gasteiger partial charge in [-0.15, -0.1) is 0 Å². The summed E-state index contributed by atoms with van der Waals surface area (Å²) < 4.78 is 5.20. The molecule has 12 nitrogen and oxygen atoms in total. The topological polar surface area (TPSA) is 181 Å². The number of hydrogen-bond acceptors (Lipinski definition) is 6. The normalized spacial score (nSPS) is 12.1. The Morgan fingerprint density at radius 3 is 2.10 bits per heavy atom. The molecule has 0 radical (unpaired) electrons. The van der Waals surface area contributed by atoms with Gasteiger partial charge in [-0.1, -0.05) is 65.5 Å². The second-order valence-corrected chi connectivity index (χ2v) is 10.6. The van der Waals surface area contributed by atoms with E-state index in [0.29, 0.717) is 25.1 Å². The van der Waals surface area contributed by atoms with Gasteiger partial charge in [0.05, 0.1) is 0 Å². The van der Waals surface area contributed by atoms with Crippen LogP contribution in [0.3, 0.4) is 0 Å². The van der Waals surface area contributed by atoms with E-state index in [2.05, 4.69) is 33.5 Å². The van der Waals surface area contributed by atoms with Crippen LogP contribution in [0.25, 0.3) is 0 Å². The molecule has 1 aromatic rings. The van der Waals surface area contributed by atoms with Crippen LogP contribution in [-0.4, -0.2) is 55.0 Å². The van der Waals surface area contributed by atoms with Crippen molar-refractivity contribution in [3.05, 3.63) is 29.8 Å². The van der Waals surface area contributed by atoms with Gasteiger partial charge in [-0.05, 0) is 49.3 Å². The Hall–Kier alpha value is -3.83. The Balaban J connectivity index is 2.82. The quantitative estimate of drug-likeness (QED) is 0.126. The minimum atomic E-state index is -0.926. The minimum absolute atomic E-state index is 0.0820. The first kappa shape index (κ1) is 36.2. The average molecular weight is 591 g/mol. The molecule has 0 aliphatic heterocycles. The fraction of sp³-hybridized carbons (Fsp3) is 0.633. The van der Waals surface area contributed by atoms with Crippen LogP contribution in [0.15, 0.2) is 24.3 Å². The van der Waals surface area contributed by atoms with Crippen molar-refractivity contribution >= 4 is 35.5 Å². The molecule has 0 aliphatic rings. The van der Waals surface area contributed by atoms with Crippen molar-refractivity contribution in [2.45, 2.75) is 104 Å². The van der Waals surface area contributed by atoms with Crippen LogP contribution in [-0.2, 0) is 25.7 Å². The van der Waals surface area contributed by atoms with E-state index < -0.39 is 36.0 Å². The summed E-state index contributed by atoms with van der Waals surface area (Å²) in [4.78, 5) is 61.7. The van der Waals surface area contributed by atoms with Crippen LogP contribution >= 0.6 is 0 Å². The molecule has 0 saturated carbocycles. The Kier molecular flexibility index (Phi) is 18.1. The molecule has 236 valence electrons. The third-order valence-electron chi connectivity index (χ3n) is 6.52. The number of unbranched alkanes of at least 4 members (excludes halogenated alkanes) is 4. The summed E-state index contributed by atoms with van der Waals surface area (Å²) in [7, 11) is 0. The predicted molar refractivity (Wildman–Crippen MR) is 162 cm³/mol. The molecule has 1 aromatic carbocycles. The van der Waals surface area contributed by atoms with E-state index in [1.54, 1.807) is 24.3 Å². The van der Waals surface area contributed by atoms with Crippen molar-refractivity contribution in [3.8, 4) is 0 Å². The fourth-order valence-electron chi connectivity index (χ4n) is 4.02. The largest absolute Gasteiger partial charge is 0.445 e. The van der Waals surface area contributed by atoms with Gasteiger partial charge in [0, 0.05) is 25.2 Å². The molecule has 1 rings (SSSR count). The van der Waals surface area contributed by atoms with Crippen molar-refractivity contribution < 1.29 is 28.7 Å². The van der Waals surface area contributed by atoms with Gasteiger partial charge >= 0.3 is 12.1 Å². The van der Waals surface area contributed by atoms with Crippen LogP contribution in [0.5, 0.6) is 0 Å². The van der Waals surface area contributed by atoms with Crippen molar-refractivity contribution in [3.63, 3.8) is 0 Å². The van der Waals surface area contributed by atoms with E-state index in [1.807, 2.05) is 20.8 Å². The number of nitrogens with one attached hydrogen (secondary N) is 5. The van der Waals surface area contributed by atoms with Crippen LogP contribution in [0, 0.1) is 5.92 Å². The summed E-state index contributed by atoms with van der Waals surface area (Å²) in [6.45, 7) is 8.65. The lowest BCUT2D eigenvalue weighted by atomic mass is 10.0. The highest BCUT2D eigenvalue weighted by Crippen LogP contribution is 2.13.